The largest absolute Gasteiger partial charge is 0.310 e. The van der Waals surface area contributed by atoms with E-state index in [-0.39, 0.29) is 5.92 Å². The summed E-state index contributed by atoms with van der Waals surface area (Å²) in [7, 11) is 0. The van der Waals surface area contributed by atoms with Crippen molar-refractivity contribution in [2.24, 2.45) is 0 Å². The van der Waals surface area contributed by atoms with Gasteiger partial charge in [0, 0.05) is 39.0 Å². The highest BCUT2D eigenvalue weighted by molar-refractivity contribution is 6.16. The molecule has 0 saturated heterocycles. The molecular weight excluding hydrogens is 773 g/mol. The van der Waals surface area contributed by atoms with Crippen LogP contribution in [0.5, 0.6) is 0 Å². The number of fused-ring (bicyclic) bond motifs is 6. The van der Waals surface area contributed by atoms with Crippen molar-refractivity contribution in [3.05, 3.63) is 260 Å². The molecule has 0 radical (unpaired) electrons. The Kier molecular flexibility index (Phi) is 9.34. The Morgan fingerprint density at radius 1 is 0.422 bits per heavy atom. The molecule has 1 aliphatic carbocycles. The molecule has 302 valence electrons. The fraction of sp³-hybridized carbons (Fsp3) is 0.0323. The molecule has 2 heteroatoms. The second-order valence-corrected chi connectivity index (χ2v) is 16.8. The maximum Gasteiger partial charge on any atom is 0.0546 e. The van der Waals surface area contributed by atoms with Crippen LogP contribution in [0.15, 0.2) is 254 Å². The highest BCUT2D eigenvalue weighted by atomic mass is 15.1. The first-order valence-corrected chi connectivity index (χ1v) is 22.3. The van der Waals surface area contributed by atoms with E-state index in [4.69, 9.17) is 0 Å². The minimum Gasteiger partial charge on any atom is -0.310 e. The molecule has 12 rings (SSSR count). The second-order valence-electron chi connectivity index (χ2n) is 16.8. The fourth-order valence-electron chi connectivity index (χ4n) is 10.1. The van der Waals surface area contributed by atoms with Crippen LogP contribution in [-0.2, 0) is 0 Å². The van der Waals surface area contributed by atoms with Gasteiger partial charge in [-0.2, -0.15) is 0 Å². The predicted molar refractivity (Wildman–Crippen MR) is 272 cm³/mol. The van der Waals surface area contributed by atoms with Crippen molar-refractivity contribution in [3.8, 4) is 39.1 Å². The van der Waals surface area contributed by atoms with Gasteiger partial charge in [0.05, 0.1) is 22.4 Å². The van der Waals surface area contributed by atoms with Crippen molar-refractivity contribution >= 4 is 54.7 Å². The maximum absolute atomic E-state index is 2.51. The number of anilines is 2. The molecule has 11 aromatic rings. The fourth-order valence-corrected chi connectivity index (χ4v) is 10.1. The first-order valence-electron chi connectivity index (χ1n) is 22.3. The topological polar surface area (TPSA) is 8.17 Å². The summed E-state index contributed by atoms with van der Waals surface area (Å²) in [6.07, 6.45) is 8.10. The first-order chi connectivity index (χ1) is 31.8. The van der Waals surface area contributed by atoms with Gasteiger partial charge in [0.2, 0.25) is 0 Å². The summed E-state index contributed by atoms with van der Waals surface area (Å²) in [5.74, 6) is 0.144. The van der Waals surface area contributed by atoms with Crippen molar-refractivity contribution in [1.82, 2.24) is 4.57 Å². The van der Waals surface area contributed by atoms with Crippen molar-refractivity contribution in [2.75, 3.05) is 4.90 Å². The average molecular weight is 817 g/mol. The van der Waals surface area contributed by atoms with Crippen LogP contribution < -0.4 is 4.90 Å². The van der Waals surface area contributed by atoms with Crippen LogP contribution >= 0.6 is 0 Å². The molecule has 0 saturated carbocycles. The Morgan fingerprint density at radius 2 is 0.984 bits per heavy atom. The minimum absolute atomic E-state index is 0.144. The summed E-state index contributed by atoms with van der Waals surface area (Å²) >= 11 is 0. The average Bonchev–Trinajstić information content (AvgIpc) is 3.72. The quantitative estimate of drug-likeness (QED) is 0.139. The van der Waals surface area contributed by atoms with Gasteiger partial charge in [-0.05, 0) is 98.4 Å². The third-order valence-corrected chi connectivity index (χ3v) is 13.1. The lowest BCUT2D eigenvalue weighted by Gasteiger charge is -2.31. The molecular formula is C62H44N2. The normalized spacial score (nSPS) is 13.8. The van der Waals surface area contributed by atoms with Gasteiger partial charge < -0.3 is 9.47 Å². The molecule has 0 fully saturated rings. The molecule has 2 nitrogen and oxygen atoms in total. The Balaban J connectivity index is 0.997. The van der Waals surface area contributed by atoms with Crippen molar-refractivity contribution < 1.29 is 0 Å². The molecule has 1 unspecified atom stereocenters. The molecule has 1 atom stereocenters. The summed E-state index contributed by atoms with van der Waals surface area (Å²) in [6, 6.07) is 84.1. The van der Waals surface area contributed by atoms with Crippen LogP contribution in [0.25, 0.3) is 82.4 Å². The Labute approximate surface area is 373 Å². The Hall–Kier alpha value is -8.20. The van der Waals surface area contributed by atoms with E-state index in [1.54, 1.807) is 0 Å². The van der Waals surface area contributed by atoms with E-state index < -0.39 is 0 Å². The molecule has 0 N–H and O–H groups in total. The number of para-hydroxylation sites is 2. The maximum atomic E-state index is 2.51. The summed E-state index contributed by atoms with van der Waals surface area (Å²) < 4.78 is 2.51. The van der Waals surface area contributed by atoms with E-state index in [2.05, 4.69) is 258 Å². The van der Waals surface area contributed by atoms with Gasteiger partial charge in [0.15, 0.2) is 0 Å². The van der Waals surface area contributed by atoms with Crippen LogP contribution in [0.3, 0.4) is 0 Å². The Bertz CT molecular complexity index is 3560. The molecule has 0 amide bonds. The number of aromatic nitrogens is 1. The summed E-state index contributed by atoms with van der Waals surface area (Å²) in [5.41, 5.74) is 15.6. The van der Waals surface area contributed by atoms with Gasteiger partial charge in [-0.25, -0.2) is 0 Å². The molecule has 0 aliphatic heterocycles. The van der Waals surface area contributed by atoms with E-state index >= 15 is 0 Å². The zero-order chi connectivity index (χ0) is 42.4. The van der Waals surface area contributed by atoms with Crippen LogP contribution in [0, 0.1) is 0 Å². The SMILES string of the molecule is C1=CC(N(c2ccc(-c3ccc(-c4ccccc4)cc3)cc2)c2ccccc2-c2ccccc2)=CC(c2cccc3c2c2ccccc2n3-c2cc3ccccc3c3ccccc23)C1. The predicted octanol–water partition coefficient (Wildman–Crippen LogP) is 16.9. The van der Waals surface area contributed by atoms with E-state index in [1.165, 1.54) is 88.0 Å². The smallest absolute Gasteiger partial charge is 0.0546 e. The summed E-state index contributed by atoms with van der Waals surface area (Å²) in [5, 5.41) is 7.62. The number of hydrogen-bond donors (Lipinski definition) is 0. The van der Waals surface area contributed by atoms with Gasteiger partial charge in [0.25, 0.3) is 0 Å². The molecule has 10 aromatic carbocycles. The summed E-state index contributed by atoms with van der Waals surface area (Å²) in [6.45, 7) is 0. The van der Waals surface area contributed by atoms with E-state index in [9.17, 15) is 0 Å². The van der Waals surface area contributed by atoms with Gasteiger partial charge in [0.1, 0.15) is 0 Å². The van der Waals surface area contributed by atoms with Crippen molar-refractivity contribution in [3.63, 3.8) is 0 Å². The van der Waals surface area contributed by atoms with Crippen LogP contribution in [0.4, 0.5) is 11.4 Å². The lowest BCUT2D eigenvalue weighted by Crippen LogP contribution is -2.18. The molecule has 1 aromatic heterocycles. The first kappa shape index (κ1) is 37.6. The van der Waals surface area contributed by atoms with Crippen LogP contribution in [-0.4, -0.2) is 4.57 Å². The third kappa shape index (κ3) is 6.51. The van der Waals surface area contributed by atoms with Crippen LogP contribution in [0.1, 0.15) is 17.9 Å². The lowest BCUT2D eigenvalue weighted by atomic mass is 9.88. The van der Waals surface area contributed by atoms with E-state index in [0.717, 1.165) is 23.5 Å². The van der Waals surface area contributed by atoms with Gasteiger partial charge in [-0.3, -0.25) is 0 Å². The highest BCUT2D eigenvalue weighted by Crippen LogP contribution is 2.45. The number of rotatable bonds is 8. The van der Waals surface area contributed by atoms with Crippen LogP contribution in [0.2, 0.25) is 0 Å². The number of hydrogen-bond acceptors (Lipinski definition) is 1. The minimum atomic E-state index is 0.144. The molecule has 0 spiro atoms. The number of nitrogens with zero attached hydrogens (tertiary/aromatic N) is 2. The number of benzene rings is 10. The zero-order valence-electron chi connectivity index (χ0n) is 35.4. The Morgan fingerprint density at radius 3 is 1.73 bits per heavy atom. The monoisotopic (exact) mass is 816 g/mol. The molecule has 0 bridgehead atoms. The van der Waals surface area contributed by atoms with Crippen molar-refractivity contribution in [2.45, 2.75) is 12.3 Å². The molecule has 1 heterocycles. The van der Waals surface area contributed by atoms with E-state index in [0.29, 0.717) is 0 Å². The van der Waals surface area contributed by atoms with Gasteiger partial charge >= 0.3 is 0 Å². The van der Waals surface area contributed by atoms with Gasteiger partial charge in [-0.1, -0.05) is 206 Å². The van der Waals surface area contributed by atoms with Crippen molar-refractivity contribution in [1.29, 1.82) is 0 Å². The van der Waals surface area contributed by atoms with Gasteiger partial charge in [-0.15, -0.1) is 0 Å². The third-order valence-electron chi connectivity index (χ3n) is 13.1. The zero-order valence-corrected chi connectivity index (χ0v) is 35.4. The van der Waals surface area contributed by atoms with E-state index in [1.807, 2.05) is 0 Å². The molecule has 1 aliphatic rings. The summed E-state index contributed by atoms with van der Waals surface area (Å²) in [4.78, 5) is 2.46. The molecule has 64 heavy (non-hydrogen) atoms. The lowest BCUT2D eigenvalue weighted by molar-refractivity contribution is 0.845. The number of allylic oxidation sites excluding steroid dienone is 3. The second kappa shape index (κ2) is 15.9. The highest BCUT2D eigenvalue weighted by Gasteiger charge is 2.25. The standard InChI is InChI=1S/C62H44N2/c1-3-17-43(18-4-1)44-33-35-45(36-34-44)46-37-39-50(40-38-46)63(58-30-13-11-25-53(58)47-19-5-2-6-20-47)51-23-15-22-48(41-51)54-29-16-32-60-62(54)57-28-12-14-31-59(57)64(60)61-42-49-21-7-8-24-52(49)55-26-9-10-27-56(55)61/h1-21,23-42,48H,22H2.